The first-order chi connectivity index (χ1) is 17.4. The van der Waals surface area contributed by atoms with Crippen LogP contribution in [-0.4, -0.2) is 63.9 Å². The van der Waals surface area contributed by atoms with Crippen LogP contribution in [0.1, 0.15) is 63.8 Å². The Kier molecular flexibility index (Phi) is 6.47. The number of carbonyl (C=O) groups excluding carboxylic acids is 1. The number of ether oxygens (including phenoxy) is 1. The zero-order valence-electron chi connectivity index (χ0n) is 21.7. The van der Waals surface area contributed by atoms with Crippen molar-refractivity contribution in [1.29, 1.82) is 0 Å². The van der Waals surface area contributed by atoms with Gasteiger partial charge in [-0.05, 0) is 70.1 Å². The van der Waals surface area contributed by atoms with Crippen LogP contribution in [0.4, 0.5) is 4.79 Å². The minimum Gasteiger partial charge on any atom is -0.444 e. The first-order valence-electron chi connectivity index (χ1n) is 12.5. The third kappa shape index (κ3) is 5.77. The molecule has 10 nitrogen and oxygen atoms in total. The molecule has 1 aliphatic heterocycles. The molecular weight excluding hydrogens is 494 g/mol. The van der Waals surface area contributed by atoms with Gasteiger partial charge in [-0.2, -0.15) is 13.5 Å². The van der Waals surface area contributed by atoms with Gasteiger partial charge in [0, 0.05) is 48.2 Å². The second-order valence-electron chi connectivity index (χ2n) is 11.3. The van der Waals surface area contributed by atoms with Gasteiger partial charge in [0.2, 0.25) is 0 Å². The molecule has 0 radical (unpaired) electrons. The van der Waals surface area contributed by atoms with Gasteiger partial charge in [0.05, 0.1) is 18.0 Å². The fraction of sp³-hybridized carbons (Fsp3) is 0.538. The van der Waals surface area contributed by atoms with Crippen molar-refractivity contribution in [1.82, 2.24) is 24.5 Å². The highest BCUT2D eigenvalue weighted by Gasteiger charge is 2.48. The van der Waals surface area contributed by atoms with E-state index in [-0.39, 0.29) is 18.1 Å². The molecule has 3 aromatic rings. The summed E-state index contributed by atoms with van der Waals surface area (Å²) < 4.78 is 34.6. The molecule has 2 fully saturated rings. The van der Waals surface area contributed by atoms with Gasteiger partial charge in [-0.25, -0.2) is 19.3 Å². The SMILES string of the molecule is CC(C)(C)OC(=O)N1CC2(CCC(c3cnn4ccc(-c5cnc(COS(C)(=O)=O)nc5)cc34)CC2)C1. The van der Waals surface area contributed by atoms with Gasteiger partial charge < -0.3 is 9.64 Å². The topological polar surface area (TPSA) is 116 Å². The summed E-state index contributed by atoms with van der Waals surface area (Å²) >= 11 is 0. The predicted octanol–water partition coefficient (Wildman–Crippen LogP) is 4.16. The van der Waals surface area contributed by atoms with E-state index in [2.05, 4.69) is 21.1 Å². The average Bonchev–Trinajstić information content (AvgIpc) is 3.23. The van der Waals surface area contributed by atoms with Crippen LogP contribution in [0.3, 0.4) is 0 Å². The molecule has 37 heavy (non-hydrogen) atoms. The van der Waals surface area contributed by atoms with Crippen molar-refractivity contribution in [2.45, 2.75) is 64.6 Å². The molecule has 1 aliphatic carbocycles. The van der Waals surface area contributed by atoms with Crippen molar-refractivity contribution in [3.8, 4) is 11.1 Å². The van der Waals surface area contributed by atoms with Crippen LogP contribution in [0.15, 0.2) is 36.9 Å². The van der Waals surface area contributed by atoms with Crippen molar-refractivity contribution in [2.75, 3.05) is 19.3 Å². The summed E-state index contributed by atoms with van der Waals surface area (Å²) in [7, 11) is -3.55. The molecular formula is C26H33N5O5S. The summed E-state index contributed by atoms with van der Waals surface area (Å²) in [4.78, 5) is 22.7. The van der Waals surface area contributed by atoms with Crippen LogP contribution < -0.4 is 0 Å². The lowest BCUT2D eigenvalue weighted by atomic mass is 9.65. The number of hydrogen-bond donors (Lipinski definition) is 0. The standard InChI is InChI=1S/C26H33N5O5S/c1-25(2,3)36-24(32)30-16-26(17-30)8-5-18(6-9-26)21-14-29-31-10-7-19(11-22(21)31)20-12-27-23(28-13-20)15-35-37(4,33)34/h7,10-14,18H,5-6,8-9,15-17H2,1-4H3. The van der Waals surface area contributed by atoms with E-state index >= 15 is 0 Å². The number of fused-ring (bicyclic) bond motifs is 1. The summed E-state index contributed by atoms with van der Waals surface area (Å²) in [6.45, 7) is 7.05. The molecule has 1 saturated carbocycles. The Morgan fingerprint density at radius 3 is 2.41 bits per heavy atom. The maximum absolute atomic E-state index is 12.4. The van der Waals surface area contributed by atoms with Gasteiger partial charge in [-0.1, -0.05) is 0 Å². The molecule has 4 heterocycles. The fourth-order valence-corrected chi connectivity index (χ4v) is 5.63. The van der Waals surface area contributed by atoms with Crippen molar-refractivity contribution in [2.24, 2.45) is 5.41 Å². The minimum absolute atomic E-state index is 0.191. The molecule has 0 atom stereocenters. The summed E-state index contributed by atoms with van der Waals surface area (Å²) in [6, 6.07) is 4.07. The summed E-state index contributed by atoms with van der Waals surface area (Å²) in [5, 5.41) is 4.57. The molecule has 198 valence electrons. The molecule has 0 unspecified atom stereocenters. The van der Waals surface area contributed by atoms with Gasteiger partial charge in [0.1, 0.15) is 12.2 Å². The number of amides is 1. The molecule has 1 amide bonds. The summed E-state index contributed by atoms with van der Waals surface area (Å²) in [6.07, 6.45) is 12.3. The number of carbonyl (C=O) groups is 1. The quantitative estimate of drug-likeness (QED) is 0.454. The highest BCUT2D eigenvalue weighted by atomic mass is 32.2. The lowest BCUT2D eigenvalue weighted by molar-refractivity contribution is -0.0505. The highest BCUT2D eigenvalue weighted by molar-refractivity contribution is 7.85. The maximum Gasteiger partial charge on any atom is 0.410 e. The average molecular weight is 528 g/mol. The third-order valence-corrected chi connectivity index (χ3v) is 7.73. The van der Waals surface area contributed by atoms with Crippen molar-refractivity contribution < 1.29 is 22.1 Å². The number of likely N-dealkylation sites (tertiary alicyclic amines) is 1. The Labute approximate surface area is 217 Å². The first-order valence-corrected chi connectivity index (χ1v) is 14.3. The number of aromatic nitrogens is 4. The monoisotopic (exact) mass is 527 g/mol. The number of hydrogen-bond acceptors (Lipinski definition) is 8. The lowest BCUT2D eigenvalue weighted by Gasteiger charge is -2.53. The lowest BCUT2D eigenvalue weighted by Crippen LogP contribution is -2.60. The van der Waals surface area contributed by atoms with Crippen LogP contribution >= 0.6 is 0 Å². The molecule has 1 spiro atoms. The van der Waals surface area contributed by atoms with Gasteiger partial charge in [-0.15, -0.1) is 0 Å². The van der Waals surface area contributed by atoms with E-state index in [0.717, 1.165) is 61.7 Å². The van der Waals surface area contributed by atoms with Crippen molar-refractivity contribution in [3.05, 3.63) is 48.3 Å². The molecule has 2 aliphatic rings. The number of pyridine rings is 1. The van der Waals surface area contributed by atoms with Crippen LogP contribution in [0, 0.1) is 5.41 Å². The first kappa shape index (κ1) is 25.6. The van der Waals surface area contributed by atoms with Gasteiger partial charge in [0.25, 0.3) is 10.1 Å². The van der Waals surface area contributed by atoms with E-state index in [9.17, 15) is 13.2 Å². The molecule has 0 N–H and O–H groups in total. The van der Waals surface area contributed by atoms with Crippen molar-refractivity contribution >= 4 is 21.7 Å². The maximum atomic E-state index is 12.4. The highest BCUT2D eigenvalue weighted by Crippen LogP contribution is 2.49. The van der Waals surface area contributed by atoms with E-state index in [0.29, 0.717) is 11.7 Å². The summed E-state index contributed by atoms with van der Waals surface area (Å²) in [5.74, 6) is 0.721. The van der Waals surface area contributed by atoms with Crippen LogP contribution in [0.2, 0.25) is 0 Å². The second kappa shape index (κ2) is 9.36. The Balaban J connectivity index is 1.24. The number of rotatable bonds is 5. The molecule has 1 saturated heterocycles. The van der Waals surface area contributed by atoms with E-state index in [1.54, 1.807) is 12.4 Å². The molecule has 11 heteroatoms. The molecule has 5 rings (SSSR count). The Hall–Kier alpha value is -3.05. The predicted molar refractivity (Wildman–Crippen MR) is 137 cm³/mol. The Morgan fingerprint density at radius 1 is 1.11 bits per heavy atom. The van der Waals surface area contributed by atoms with E-state index in [1.165, 1.54) is 5.56 Å². The van der Waals surface area contributed by atoms with Gasteiger partial charge in [0.15, 0.2) is 5.82 Å². The molecule has 0 aromatic carbocycles. The normalized spacial score (nSPS) is 18.2. The third-order valence-electron chi connectivity index (χ3n) is 7.18. The van der Waals surface area contributed by atoms with Crippen LogP contribution in [-0.2, 0) is 25.6 Å². The number of nitrogens with zero attached hydrogens (tertiary/aromatic N) is 5. The Bertz CT molecular complexity index is 1400. The minimum atomic E-state index is -3.55. The van der Waals surface area contributed by atoms with Crippen LogP contribution in [0.25, 0.3) is 16.6 Å². The van der Waals surface area contributed by atoms with E-state index in [4.69, 9.17) is 8.92 Å². The smallest absolute Gasteiger partial charge is 0.410 e. The molecule has 3 aromatic heterocycles. The van der Waals surface area contributed by atoms with Crippen molar-refractivity contribution in [3.63, 3.8) is 0 Å². The van der Waals surface area contributed by atoms with Gasteiger partial charge >= 0.3 is 6.09 Å². The van der Waals surface area contributed by atoms with E-state index < -0.39 is 15.7 Å². The second-order valence-corrected chi connectivity index (χ2v) is 13.0. The zero-order chi connectivity index (χ0) is 26.4. The van der Waals surface area contributed by atoms with E-state index in [1.807, 2.05) is 48.6 Å². The fourth-order valence-electron chi connectivity index (χ4n) is 5.31. The Morgan fingerprint density at radius 2 is 1.78 bits per heavy atom. The van der Waals surface area contributed by atoms with Crippen LogP contribution in [0.5, 0.6) is 0 Å². The largest absolute Gasteiger partial charge is 0.444 e. The van der Waals surface area contributed by atoms with Gasteiger partial charge in [-0.3, -0.25) is 4.18 Å². The summed E-state index contributed by atoms with van der Waals surface area (Å²) in [5.41, 5.74) is 3.83. The molecule has 0 bridgehead atoms. The zero-order valence-corrected chi connectivity index (χ0v) is 22.5.